The van der Waals surface area contributed by atoms with E-state index in [1.165, 1.54) is 11.1 Å². The summed E-state index contributed by atoms with van der Waals surface area (Å²) in [5.74, 6) is 0.967. The largest absolute Gasteiger partial charge is 0.492 e. The van der Waals surface area contributed by atoms with Crippen LogP contribution in [-0.4, -0.2) is 12.6 Å². The van der Waals surface area contributed by atoms with Gasteiger partial charge in [0, 0.05) is 6.04 Å². The summed E-state index contributed by atoms with van der Waals surface area (Å²) < 4.78 is 6.03. The van der Waals surface area contributed by atoms with Crippen molar-refractivity contribution in [1.82, 2.24) is 0 Å². The van der Waals surface area contributed by atoms with Crippen LogP contribution >= 0.6 is 0 Å². The average molecular weight is 277 g/mol. The molecular weight excluding hydrogens is 246 g/mol. The van der Waals surface area contributed by atoms with Gasteiger partial charge in [-0.15, -0.1) is 0 Å². The molecule has 2 heteroatoms. The maximum Gasteiger partial charge on any atom is 0.123 e. The Morgan fingerprint density at radius 3 is 2.15 bits per heavy atom. The van der Waals surface area contributed by atoms with Gasteiger partial charge in [0.05, 0.1) is 0 Å². The number of hydrogen-bond acceptors (Lipinski definition) is 2. The van der Waals surface area contributed by atoms with Gasteiger partial charge >= 0.3 is 0 Å². The Kier molecular flexibility index (Phi) is 5.26. The highest BCUT2D eigenvalue weighted by Crippen LogP contribution is 2.33. The van der Waals surface area contributed by atoms with E-state index in [1.807, 2.05) is 0 Å². The Bertz CT molecular complexity index is 438. The van der Waals surface area contributed by atoms with Crippen LogP contribution in [0.1, 0.15) is 59.6 Å². The second-order valence-corrected chi connectivity index (χ2v) is 7.72. The molecule has 0 fully saturated rings. The topological polar surface area (TPSA) is 35.2 Å². The molecule has 0 aliphatic rings. The van der Waals surface area contributed by atoms with Crippen molar-refractivity contribution in [3.05, 3.63) is 29.3 Å². The van der Waals surface area contributed by atoms with Crippen molar-refractivity contribution in [2.75, 3.05) is 6.61 Å². The highest BCUT2D eigenvalue weighted by atomic mass is 16.5. The van der Waals surface area contributed by atoms with Crippen LogP contribution in [0.5, 0.6) is 5.75 Å². The molecule has 20 heavy (non-hydrogen) atoms. The highest BCUT2D eigenvalue weighted by Gasteiger charge is 2.23. The molecular formula is C18H31NO. The van der Waals surface area contributed by atoms with Crippen molar-refractivity contribution in [2.45, 2.75) is 66.3 Å². The van der Waals surface area contributed by atoms with Gasteiger partial charge in [-0.3, -0.25) is 0 Å². The summed E-state index contributed by atoms with van der Waals surface area (Å²) in [6.07, 6.45) is 1.05. The molecule has 0 amide bonds. The predicted octanol–water partition coefficient (Wildman–Crippen LogP) is 4.30. The van der Waals surface area contributed by atoms with Gasteiger partial charge in [-0.1, -0.05) is 60.6 Å². The smallest absolute Gasteiger partial charge is 0.123 e. The first-order valence-corrected chi connectivity index (χ1v) is 7.57. The third-order valence-corrected chi connectivity index (χ3v) is 3.79. The Labute approximate surface area is 124 Å². The molecule has 1 aromatic rings. The first kappa shape index (κ1) is 17.0. The molecule has 1 unspecified atom stereocenters. The highest BCUT2D eigenvalue weighted by molar-refractivity contribution is 5.41. The van der Waals surface area contributed by atoms with E-state index in [4.69, 9.17) is 10.5 Å². The summed E-state index contributed by atoms with van der Waals surface area (Å²) in [6, 6.07) is 6.53. The predicted molar refractivity (Wildman–Crippen MR) is 87.4 cm³/mol. The number of aryl methyl sites for hydroxylation is 1. The summed E-state index contributed by atoms with van der Waals surface area (Å²) in [4.78, 5) is 0. The lowest BCUT2D eigenvalue weighted by Gasteiger charge is -2.29. The summed E-state index contributed by atoms with van der Waals surface area (Å²) in [5, 5.41) is 0. The molecule has 0 saturated heterocycles. The first-order valence-electron chi connectivity index (χ1n) is 7.57. The molecule has 0 aromatic heterocycles. The van der Waals surface area contributed by atoms with Crippen molar-refractivity contribution in [3.8, 4) is 5.75 Å². The summed E-state index contributed by atoms with van der Waals surface area (Å²) in [7, 11) is 0. The van der Waals surface area contributed by atoms with E-state index in [9.17, 15) is 0 Å². The van der Waals surface area contributed by atoms with Crippen LogP contribution in [0.2, 0.25) is 0 Å². The monoisotopic (exact) mass is 277 g/mol. The molecule has 0 aliphatic carbocycles. The summed E-state index contributed by atoms with van der Waals surface area (Å²) in [6.45, 7) is 15.8. The van der Waals surface area contributed by atoms with E-state index in [-0.39, 0.29) is 16.9 Å². The normalized spacial score (nSPS) is 14.2. The van der Waals surface area contributed by atoms with Crippen LogP contribution in [0.15, 0.2) is 18.2 Å². The molecule has 1 rings (SSSR count). The number of nitrogens with two attached hydrogens (primary N) is 1. The van der Waals surface area contributed by atoms with E-state index < -0.39 is 0 Å². The van der Waals surface area contributed by atoms with Crippen LogP contribution in [0.25, 0.3) is 0 Å². The lowest BCUT2D eigenvalue weighted by Crippen LogP contribution is -2.40. The lowest BCUT2D eigenvalue weighted by atomic mass is 9.85. The minimum Gasteiger partial charge on any atom is -0.492 e. The Morgan fingerprint density at radius 1 is 1.10 bits per heavy atom. The third kappa shape index (κ3) is 4.52. The van der Waals surface area contributed by atoms with Gasteiger partial charge in [-0.05, 0) is 34.4 Å². The van der Waals surface area contributed by atoms with Crippen LogP contribution in [0.4, 0.5) is 0 Å². The van der Waals surface area contributed by atoms with Crippen LogP contribution in [-0.2, 0) is 11.8 Å². The zero-order valence-electron chi connectivity index (χ0n) is 14.2. The van der Waals surface area contributed by atoms with Gasteiger partial charge in [0.25, 0.3) is 0 Å². The average Bonchev–Trinajstić information content (AvgIpc) is 2.33. The van der Waals surface area contributed by atoms with Crippen LogP contribution < -0.4 is 10.5 Å². The molecule has 0 bridgehead atoms. The lowest BCUT2D eigenvalue weighted by molar-refractivity contribution is 0.203. The van der Waals surface area contributed by atoms with E-state index in [0.717, 1.165) is 12.2 Å². The van der Waals surface area contributed by atoms with Gasteiger partial charge < -0.3 is 10.5 Å². The van der Waals surface area contributed by atoms with E-state index in [2.05, 4.69) is 66.7 Å². The molecule has 0 heterocycles. The van der Waals surface area contributed by atoms with Gasteiger partial charge in [-0.25, -0.2) is 0 Å². The zero-order valence-corrected chi connectivity index (χ0v) is 14.2. The fourth-order valence-corrected chi connectivity index (χ4v) is 1.94. The van der Waals surface area contributed by atoms with Crippen LogP contribution in [0, 0.1) is 5.41 Å². The van der Waals surface area contributed by atoms with Crippen molar-refractivity contribution >= 4 is 0 Å². The second kappa shape index (κ2) is 6.17. The van der Waals surface area contributed by atoms with Crippen LogP contribution in [0.3, 0.4) is 0 Å². The van der Waals surface area contributed by atoms with Gasteiger partial charge in [0.1, 0.15) is 12.4 Å². The fourth-order valence-electron chi connectivity index (χ4n) is 1.94. The molecule has 0 saturated carbocycles. The van der Waals surface area contributed by atoms with E-state index in [1.54, 1.807) is 0 Å². The summed E-state index contributed by atoms with van der Waals surface area (Å²) >= 11 is 0. The number of rotatable bonds is 4. The van der Waals surface area contributed by atoms with Gasteiger partial charge in [0.2, 0.25) is 0 Å². The molecule has 1 aromatic carbocycles. The van der Waals surface area contributed by atoms with Crippen molar-refractivity contribution in [3.63, 3.8) is 0 Å². The van der Waals surface area contributed by atoms with Gasteiger partial charge in [0.15, 0.2) is 0 Å². The number of hydrogen-bond donors (Lipinski definition) is 1. The van der Waals surface area contributed by atoms with E-state index in [0.29, 0.717) is 6.61 Å². The minimum atomic E-state index is 0.0289. The van der Waals surface area contributed by atoms with Crippen molar-refractivity contribution in [1.29, 1.82) is 0 Å². The molecule has 0 spiro atoms. The second-order valence-electron chi connectivity index (χ2n) is 7.72. The molecule has 1 atom stereocenters. The van der Waals surface area contributed by atoms with Gasteiger partial charge in [-0.2, -0.15) is 0 Å². The Morgan fingerprint density at radius 2 is 1.70 bits per heavy atom. The van der Waals surface area contributed by atoms with Crippen molar-refractivity contribution in [2.24, 2.45) is 11.1 Å². The maximum atomic E-state index is 6.19. The van der Waals surface area contributed by atoms with Crippen molar-refractivity contribution < 1.29 is 4.74 Å². The molecule has 0 radical (unpaired) electrons. The fraction of sp³-hybridized carbons (Fsp3) is 0.667. The minimum absolute atomic E-state index is 0.0289. The quantitative estimate of drug-likeness (QED) is 0.890. The number of benzene rings is 1. The molecule has 114 valence electrons. The molecule has 2 nitrogen and oxygen atoms in total. The first-order chi connectivity index (χ1) is 9.05. The van der Waals surface area contributed by atoms with E-state index >= 15 is 0 Å². The SMILES string of the molecule is CCc1ccc(OCC(N)C(C)(C)C)c(C(C)(C)C)c1. The Hall–Kier alpha value is -1.02. The molecule has 2 N–H and O–H groups in total. The zero-order chi connectivity index (χ0) is 15.6. The standard InChI is InChI=1S/C18H31NO/c1-8-13-9-10-15(14(11-13)17(2,3)4)20-12-16(19)18(5,6)7/h9-11,16H,8,12,19H2,1-7H3. The Balaban J connectivity index is 2.95. The summed E-state index contributed by atoms with van der Waals surface area (Å²) in [5.41, 5.74) is 8.94. The molecule has 0 aliphatic heterocycles. The maximum absolute atomic E-state index is 6.19. The third-order valence-electron chi connectivity index (χ3n) is 3.79. The number of ether oxygens (including phenoxy) is 1.